The van der Waals surface area contributed by atoms with Gasteiger partial charge in [0.25, 0.3) is 0 Å². The molecule has 0 bridgehead atoms. The van der Waals surface area contributed by atoms with Gasteiger partial charge in [0.1, 0.15) is 6.07 Å². The van der Waals surface area contributed by atoms with Crippen molar-refractivity contribution in [1.29, 1.82) is 5.26 Å². The third kappa shape index (κ3) is 2.95. The van der Waals surface area contributed by atoms with Gasteiger partial charge in [0.2, 0.25) is 0 Å². The van der Waals surface area contributed by atoms with Gasteiger partial charge in [0, 0.05) is 17.6 Å². The Morgan fingerprint density at radius 3 is 2.80 bits per heavy atom. The summed E-state index contributed by atoms with van der Waals surface area (Å²) >= 11 is 3.33. The fraction of sp³-hybridized carbons (Fsp3) is 0.364. The number of rotatable bonds is 4. The van der Waals surface area contributed by atoms with Crippen LogP contribution in [0.1, 0.15) is 12.5 Å². The zero-order chi connectivity index (χ0) is 11.3. The summed E-state index contributed by atoms with van der Waals surface area (Å²) in [7, 11) is 0. The summed E-state index contributed by atoms with van der Waals surface area (Å²) in [5.41, 5.74) is 1.50. The van der Waals surface area contributed by atoms with E-state index in [9.17, 15) is 0 Å². The van der Waals surface area contributed by atoms with Crippen molar-refractivity contribution < 1.29 is 5.11 Å². The number of nitrogens with zero attached hydrogens (tertiary/aromatic N) is 2. The van der Waals surface area contributed by atoms with Crippen molar-refractivity contribution in [3.8, 4) is 6.07 Å². The molecule has 3 nitrogen and oxygen atoms in total. The van der Waals surface area contributed by atoms with E-state index in [2.05, 4.69) is 22.0 Å². The minimum atomic E-state index is 0.0920. The second-order valence-corrected chi connectivity index (χ2v) is 3.99. The number of hydrogen-bond acceptors (Lipinski definition) is 3. The van der Waals surface area contributed by atoms with Crippen molar-refractivity contribution in [2.45, 2.75) is 6.92 Å². The molecule has 80 valence electrons. The molecule has 1 rings (SSSR count). The molecule has 0 aliphatic carbocycles. The van der Waals surface area contributed by atoms with E-state index in [-0.39, 0.29) is 6.61 Å². The van der Waals surface area contributed by atoms with Crippen LogP contribution >= 0.6 is 15.9 Å². The highest BCUT2D eigenvalue weighted by Gasteiger charge is 2.09. The van der Waals surface area contributed by atoms with Crippen LogP contribution in [0.5, 0.6) is 0 Å². The molecule has 0 radical (unpaired) electrons. The number of likely N-dealkylation sites (N-methyl/N-ethyl adjacent to an activating group) is 1. The summed E-state index contributed by atoms with van der Waals surface area (Å²) in [5.74, 6) is 0. The van der Waals surface area contributed by atoms with E-state index in [1.165, 1.54) is 0 Å². The van der Waals surface area contributed by atoms with E-state index < -0.39 is 0 Å². The molecule has 1 aromatic carbocycles. The Morgan fingerprint density at radius 2 is 2.27 bits per heavy atom. The molecule has 0 unspecified atom stereocenters. The maximum Gasteiger partial charge on any atom is 0.101 e. The molecule has 0 fully saturated rings. The molecule has 0 atom stereocenters. The summed E-state index contributed by atoms with van der Waals surface area (Å²) in [4.78, 5) is 1.98. The van der Waals surface area contributed by atoms with E-state index in [0.717, 1.165) is 16.7 Å². The van der Waals surface area contributed by atoms with Crippen molar-refractivity contribution in [3.63, 3.8) is 0 Å². The van der Waals surface area contributed by atoms with Crippen LogP contribution in [0.2, 0.25) is 0 Å². The fourth-order valence-corrected chi connectivity index (χ4v) is 1.80. The van der Waals surface area contributed by atoms with Gasteiger partial charge in [-0.15, -0.1) is 0 Å². The van der Waals surface area contributed by atoms with Gasteiger partial charge in [-0.05, 0) is 25.1 Å². The smallest absolute Gasteiger partial charge is 0.101 e. The number of nitriles is 1. The molecule has 0 heterocycles. The first kappa shape index (κ1) is 12.0. The predicted octanol–water partition coefficient (Wildman–Crippen LogP) is 2.14. The van der Waals surface area contributed by atoms with Crippen LogP contribution in [0, 0.1) is 11.3 Å². The normalized spacial score (nSPS) is 9.73. The van der Waals surface area contributed by atoms with E-state index in [0.29, 0.717) is 12.1 Å². The van der Waals surface area contributed by atoms with Gasteiger partial charge >= 0.3 is 0 Å². The summed E-state index contributed by atoms with van der Waals surface area (Å²) in [5, 5.41) is 17.9. The van der Waals surface area contributed by atoms with Crippen molar-refractivity contribution in [1.82, 2.24) is 0 Å². The van der Waals surface area contributed by atoms with Gasteiger partial charge in [0.05, 0.1) is 17.9 Å². The Bertz CT molecular complexity index is 373. The van der Waals surface area contributed by atoms with Gasteiger partial charge in [0.15, 0.2) is 0 Å². The average Bonchev–Trinajstić information content (AvgIpc) is 2.26. The standard InChI is InChI=1S/C11H13BrN2O/c1-2-14(5-6-15)11-4-3-10(12)7-9(11)8-13/h3-4,7,15H,2,5-6H2,1H3. The Labute approximate surface area is 98.1 Å². The Morgan fingerprint density at radius 1 is 1.53 bits per heavy atom. The minimum absolute atomic E-state index is 0.0920. The lowest BCUT2D eigenvalue weighted by Crippen LogP contribution is -2.26. The van der Waals surface area contributed by atoms with E-state index in [1.807, 2.05) is 24.0 Å². The summed E-state index contributed by atoms with van der Waals surface area (Å²) in [6, 6.07) is 7.73. The highest BCUT2D eigenvalue weighted by molar-refractivity contribution is 9.10. The van der Waals surface area contributed by atoms with Crippen LogP contribution in [0.15, 0.2) is 22.7 Å². The number of benzene rings is 1. The van der Waals surface area contributed by atoms with Crippen molar-refractivity contribution in [3.05, 3.63) is 28.2 Å². The first-order valence-electron chi connectivity index (χ1n) is 4.78. The molecule has 0 aliphatic heterocycles. The number of anilines is 1. The molecule has 0 amide bonds. The first-order valence-corrected chi connectivity index (χ1v) is 5.57. The van der Waals surface area contributed by atoms with Crippen molar-refractivity contribution in [2.75, 3.05) is 24.6 Å². The molecule has 0 spiro atoms. The molecule has 15 heavy (non-hydrogen) atoms. The van der Waals surface area contributed by atoms with Crippen LogP contribution in [0.3, 0.4) is 0 Å². The summed E-state index contributed by atoms with van der Waals surface area (Å²) < 4.78 is 0.892. The third-order valence-corrected chi connectivity index (χ3v) is 2.66. The zero-order valence-corrected chi connectivity index (χ0v) is 10.2. The second-order valence-electron chi connectivity index (χ2n) is 3.08. The maximum atomic E-state index is 9.00. The summed E-state index contributed by atoms with van der Waals surface area (Å²) in [6.45, 7) is 3.41. The van der Waals surface area contributed by atoms with Crippen LogP contribution < -0.4 is 4.90 Å². The molecule has 1 aromatic rings. The average molecular weight is 269 g/mol. The van der Waals surface area contributed by atoms with E-state index in [1.54, 1.807) is 6.07 Å². The molecule has 0 aliphatic rings. The van der Waals surface area contributed by atoms with Gasteiger partial charge in [-0.1, -0.05) is 15.9 Å². The molecule has 0 saturated carbocycles. The highest BCUT2D eigenvalue weighted by Crippen LogP contribution is 2.23. The molecular formula is C11H13BrN2O. The van der Waals surface area contributed by atoms with Crippen LogP contribution in [-0.2, 0) is 0 Å². The quantitative estimate of drug-likeness (QED) is 0.910. The second kappa shape index (κ2) is 5.74. The largest absolute Gasteiger partial charge is 0.395 e. The van der Waals surface area contributed by atoms with Crippen LogP contribution in [0.4, 0.5) is 5.69 Å². The fourth-order valence-electron chi connectivity index (χ4n) is 1.44. The highest BCUT2D eigenvalue weighted by atomic mass is 79.9. The Balaban J connectivity index is 3.06. The van der Waals surface area contributed by atoms with Crippen molar-refractivity contribution in [2.24, 2.45) is 0 Å². The SMILES string of the molecule is CCN(CCO)c1ccc(Br)cc1C#N. The lowest BCUT2D eigenvalue weighted by molar-refractivity contribution is 0.302. The predicted molar refractivity (Wildman–Crippen MR) is 63.8 cm³/mol. The van der Waals surface area contributed by atoms with E-state index in [4.69, 9.17) is 10.4 Å². The first-order chi connectivity index (χ1) is 7.22. The lowest BCUT2D eigenvalue weighted by Gasteiger charge is -2.23. The number of halogens is 1. The monoisotopic (exact) mass is 268 g/mol. The van der Waals surface area contributed by atoms with Gasteiger partial charge in [-0.25, -0.2) is 0 Å². The summed E-state index contributed by atoms with van der Waals surface area (Å²) in [6.07, 6.45) is 0. The maximum absolute atomic E-state index is 9.00. The van der Waals surface area contributed by atoms with Gasteiger partial charge in [-0.3, -0.25) is 0 Å². The van der Waals surface area contributed by atoms with E-state index >= 15 is 0 Å². The zero-order valence-electron chi connectivity index (χ0n) is 8.57. The Kier molecular flexibility index (Phi) is 4.60. The lowest BCUT2D eigenvalue weighted by atomic mass is 10.1. The molecular weight excluding hydrogens is 256 g/mol. The minimum Gasteiger partial charge on any atom is -0.395 e. The Hall–Kier alpha value is -1.05. The van der Waals surface area contributed by atoms with Crippen LogP contribution in [0.25, 0.3) is 0 Å². The number of hydrogen-bond donors (Lipinski definition) is 1. The molecule has 1 N–H and O–H groups in total. The molecule has 0 saturated heterocycles. The topological polar surface area (TPSA) is 47.3 Å². The third-order valence-electron chi connectivity index (χ3n) is 2.17. The van der Waals surface area contributed by atoms with Gasteiger partial charge < -0.3 is 10.0 Å². The van der Waals surface area contributed by atoms with Gasteiger partial charge in [-0.2, -0.15) is 5.26 Å². The number of aliphatic hydroxyl groups is 1. The van der Waals surface area contributed by atoms with Crippen molar-refractivity contribution >= 4 is 21.6 Å². The molecule has 0 aromatic heterocycles. The number of aliphatic hydroxyl groups excluding tert-OH is 1. The molecule has 4 heteroatoms. The van der Waals surface area contributed by atoms with Crippen LogP contribution in [-0.4, -0.2) is 24.8 Å².